The van der Waals surface area contributed by atoms with Crippen molar-refractivity contribution < 1.29 is 4.79 Å². The number of hydrogen-bond donors (Lipinski definition) is 2. The fourth-order valence-corrected chi connectivity index (χ4v) is 2.69. The fraction of sp³-hybridized carbons (Fsp3) is 0.533. The van der Waals surface area contributed by atoms with Crippen LogP contribution in [0.5, 0.6) is 0 Å². The van der Waals surface area contributed by atoms with Gasteiger partial charge in [-0.2, -0.15) is 0 Å². The Kier molecular flexibility index (Phi) is 5.23. The van der Waals surface area contributed by atoms with Gasteiger partial charge in [0.25, 0.3) is 0 Å². The molecule has 0 spiro atoms. The zero-order chi connectivity index (χ0) is 13.7. The largest absolute Gasteiger partial charge is 0.352 e. The fourth-order valence-electron chi connectivity index (χ4n) is 2.49. The molecule has 0 heterocycles. The van der Waals surface area contributed by atoms with Gasteiger partial charge >= 0.3 is 0 Å². The van der Waals surface area contributed by atoms with E-state index in [4.69, 9.17) is 11.6 Å². The standard InChI is InChI=1S/C15H21ClN2O/c1-11(12-5-4-6-13(16)9-12)17-10-15(19)18-14-7-2-3-8-14/h4-6,9,11,14,17H,2-3,7-8,10H2,1H3,(H,18,19)/t11-/m1/s1. The van der Waals surface area contributed by atoms with E-state index in [1.807, 2.05) is 31.2 Å². The molecule has 0 saturated heterocycles. The van der Waals surface area contributed by atoms with Crippen molar-refractivity contribution in [2.24, 2.45) is 0 Å². The minimum absolute atomic E-state index is 0.0841. The Labute approximate surface area is 119 Å². The molecule has 1 saturated carbocycles. The maximum atomic E-state index is 11.8. The van der Waals surface area contributed by atoms with Gasteiger partial charge in [0.1, 0.15) is 0 Å². The first-order valence-corrected chi connectivity index (χ1v) is 7.31. The molecule has 0 unspecified atom stereocenters. The summed E-state index contributed by atoms with van der Waals surface area (Å²) < 4.78 is 0. The van der Waals surface area contributed by atoms with Crippen LogP contribution >= 0.6 is 11.6 Å². The summed E-state index contributed by atoms with van der Waals surface area (Å²) in [6.07, 6.45) is 4.71. The Hall–Kier alpha value is -1.06. The molecular weight excluding hydrogens is 260 g/mol. The molecule has 0 aliphatic heterocycles. The number of halogens is 1. The van der Waals surface area contributed by atoms with Gasteiger partial charge in [-0.3, -0.25) is 4.79 Å². The summed E-state index contributed by atoms with van der Waals surface area (Å²) in [4.78, 5) is 11.8. The predicted molar refractivity (Wildman–Crippen MR) is 78.3 cm³/mol. The SMILES string of the molecule is C[C@@H](NCC(=O)NC1CCCC1)c1cccc(Cl)c1. The lowest BCUT2D eigenvalue weighted by Gasteiger charge is -2.16. The van der Waals surface area contributed by atoms with Gasteiger partial charge in [-0.15, -0.1) is 0 Å². The molecule has 0 bridgehead atoms. The minimum atomic E-state index is 0.0841. The van der Waals surface area contributed by atoms with Crippen molar-refractivity contribution in [3.63, 3.8) is 0 Å². The number of carbonyl (C=O) groups excluding carboxylic acids is 1. The third-order valence-corrected chi connectivity index (χ3v) is 3.87. The number of benzene rings is 1. The van der Waals surface area contributed by atoms with Crippen molar-refractivity contribution in [2.75, 3.05) is 6.54 Å². The molecule has 1 aliphatic rings. The predicted octanol–water partition coefficient (Wildman–Crippen LogP) is 3.05. The summed E-state index contributed by atoms with van der Waals surface area (Å²) in [5, 5.41) is 7.02. The van der Waals surface area contributed by atoms with E-state index in [2.05, 4.69) is 10.6 Å². The van der Waals surface area contributed by atoms with Gasteiger partial charge in [0.2, 0.25) is 5.91 Å². The number of carbonyl (C=O) groups is 1. The van der Waals surface area contributed by atoms with Crippen LogP contribution in [0.15, 0.2) is 24.3 Å². The van der Waals surface area contributed by atoms with Crippen LogP contribution in [0.4, 0.5) is 0 Å². The topological polar surface area (TPSA) is 41.1 Å². The molecule has 1 amide bonds. The van der Waals surface area contributed by atoms with Gasteiger partial charge in [-0.1, -0.05) is 36.6 Å². The third-order valence-electron chi connectivity index (χ3n) is 3.64. The van der Waals surface area contributed by atoms with Crippen LogP contribution in [0.3, 0.4) is 0 Å². The summed E-state index contributed by atoms with van der Waals surface area (Å²) in [5.41, 5.74) is 1.10. The number of hydrogen-bond acceptors (Lipinski definition) is 2. The van der Waals surface area contributed by atoms with Crippen LogP contribution in [0, 0.1) is 0 Å². The van der Waals surface area contributed by atoms with E-state index in [1.165, 1.54) is 12.8 Å². The van der Waals surface area contributed by atoms with E-state index in [1.54, 1.807) is 0 Å². The van der Waals surface area contributed by atoms with Gasteiger partial charge < -0.3 is 10.6 Å². The van der Waals surface area contributed by atoms with Crippen molar-refractivity contribution in [1.82, 2.24) is 10.6 Å². The summed E-state index contributed by atoms with van der Waals surface area (Å²) in [5.74, 6) is 0.0841. The van der Waals surface area contributed by atoms with Crippen LogP contribution in [0.1, 0.15) is 44.2 Å². The lowest BCUT2D eigenvalue weighted by atomic mass is 10.1. The molecule has 1 atom stereocenters. The van der Waals surface area contributed by atoms with Gasteiger partial charge in [-0.05, 0) is 37.5 Å². The van der Waals surface area contributed by atoms with E-state index in [-0.39, 0.29) is 11.9 Å². The Morgan fingerprint density at radius 2 is 2.16 bits per heavy atom. The molecule has 2 N–H and O–H groups in total. The molecular formula is C15H21ClN2O. The van der Waals surface area contributed by atoms with Crippen molar-refractivity contribution >= 4 is 17.5 Å². The second kappa shape index (κ2) is 6.92. The second-order valence-corrected chi connectivity index (χ2v) is 5.64. The Morgan fingerprint density at radius 3 is 2.84 bits per heavy atom. The Bertz CT molecular complexity index is 430. The summed E-state index contributed by atoms with van der Waals surface area (Å²) >= 11 is 5.96. The van der Waals surface area contributed by atoms with Crippen LogP contribution in [0.25, 0.3) is 0 Å². The summed E-state index contributed by atoms with van der Waals surface area (Å²) in [7, 11) is 0. The summed E-state index contributed by atoms with van der Waals surface area (Å²) in [6.45, 7) is 2.39. The van der Waals surface area contributed by atoms with Crippen molar-refractivity contribution in [3.8, 4) is 0 Å². The maximum absolute atomic E-state index is 11.8. The first kappa shape index (κ1) is 14.4. The third kappa shape index (κ3) is 4.51. The number of nitrogens with one attached hydrogen (secondary N) is 2. The monoisotopic (exact) mass is 280 g/mol. The highest BCUT2D eigenvalue weighted by molar-refractivity contribution is 6.30. The molecule has 0 aromatic heterocycles. The Balaban J connectivity index is 1.76. The first-order valence-electron chi connectivity index (χ1n) is 6.93. The van der Waals surface area contributed by atoms with E-state index < -0.39 is 0 Å². The van der Waals surface area contributed by atoms with Crippen LogP contribution in [0.2, 0.25) is 5.02 Å². The summed E-state index contributed by atoms with van der Waals surface area (Å²) in [6, 6.07) is 8.22. The van der Waals surface area contributed by atoms with Crippen molar-refractivity contribution in [3.05, 3.63) is 34.9 Å². The van der Waals surface area contributed by atoms with E-state index in [9.17, 15) is 4.79 Å². The van der Waals surface area contributed by atoms with E-state index in [0.29, 0.717) is 12.6 Å². The molecule has 1 aromatic rings. The lowest BCUT2D eigenvalue weighted by Crippen LogP contribution is -2.39. The van der Waals surface area contributed by atoms with Crippen molar-refractivity contribution in [1.29, 1.82) is 0 Å². The zero-order valence-corrected chi connectivity index (χ0v) is 12.0. The number of rotatable bonds is 5. The number of amides is 1. The highest BCUT2D eigenvalue weighted by atomic mass is 35.5. The molecule has 0 radical (unpaired) electrons. The van der Waals surface area contributed by atoms with Gasteiger partial charge in [0.05, 0.1) is 6.54 Å². The minimum Gasteiger partial charge on any atom is -0.352 e. The van der Waals surface area contributed by atoms with E-state index >= 15 is 0 Å². The molecule has 19 heavy (non-hydrogen) atoms. The first-order chi connectivity index (χ1) is 9.15. The lowest BCUT2D eigenvalue weighted by molar-refractivity contribution is -0.121. The molecule has 3 nitrogen and oxygen atoms in total. The average Bonchev–Trinajstić information content (AvgIpc) is 2.88. The molecule has 1 aromatic carbocycles. The zero-order valence-electron chi connectivity index (χ0n) is 11.3. The molecule has 1 aliphatic carbocycles. The van der Waals surface area contributed by atoms with Crippen LogP contribution < -0.4 is 10.6 Å². The van der Waals surface area contributed by atoms with Crippen LogP contribution in [-0.4, -0.2) is 18.5 Å². The normalized spacial score (nSPS) is 17.4. The van der Waals surface area contributed by atoms with Gasteiger partial charge in [0, 0.05) is 17.1 Å². The van der Waals surface area contributed by atoms with E-state index in [0.717, 1.165) is 23.4 Å². The quantitative estimate of drug-likeness (QED) is 0.870. The Morgan fingerprint density at radius 1 is 1.42 bits per heavy atom. The maximum Gasteiger partial charge on any atom is 0.234 e. The smallest absolute Gasteiger partial charge is 0.234 e. The average molecular weight is 281 g/mol. The molecule has 4 heteroatoms. The molecule has 1 fully saturated rings. The second-order valence-electron chi connectivity index (χ2n) is 5.21. The van der Waals surface area contributed by atoms with Gasteiger partial charge in [0.15, 0.2) is 0 Å². The highest BCUT2D eigenvalue weighted by Crippen LogP contribution is 2.18. The van der Waals surface area contributed by atoms with Gasteiger partial charge in [-0.25, -0.2) is 0 Å². The highest BCUT2D eigenvalue weighted by Gasteiger charge is 2.17. The van der Waals surface area contributed by atoms with Crippen LogP contribution in [-0.2, 0) is 4.79 Å². The molecule has 2 rings (SSSR count). The molecule has 104 valence electrons. The van der Waals surface area contributed by atoms with Crippen molar-refractivity contribution in [2.45, 2.75) is 44.7 Å².